The molecule has 1 unspecified atom stereocenters. The van der Waals surface area contributed by atoms with Crippen LogP contribution < -0.4 is 4.74 Å². The Morgan fingerprint density at radius 2 is 1.76 bits per heavy atom. The molecule has 0 radical (unpaired) electrons. The summed E-state index contributed by atoms with van der Waals surface area (Å²) in [4.78, 5) is 9.27. The number of hydrogen-bond acceptors (Lipinski definition) is 4. The van der Waals surface area contributed by atoms with E-state index in [1.54, 1.807) is 24.3 Å². The molecular weight excluding hydrogens is 534 g/mol. The molecule has 0 spiro atoms. The molecule has 3 aromatic carbocycles. The summed E-state index contributed by atoms with van der Waals surface area (Å²) in [6.07, 6.45) is -1.90. The minimum absolute atomic E-state index is 0.0504. The maximum Gasteiger partial charge on any atom is 0.416 e. The first-order chi connectivity index (χ1) is 19.8. The van der Waals surface area contributed by atoms with Crippen LogP contribution in [0.3, 0.4) is 0 Å². The summed E-state index contributed by atoms with van der Waals surface area (Å²) < 4.78 is 67.5. The Labute approximate surface area is 234 Å². The number of imidazole rings is 1. The van der Waals surface area contributed by atoms with Crippen LogP contribution in [0.25, 0.3) is 22.3 Å². The normalized spacial score (nSPS) is 15.5. The van der Waals surface area contributed by atoms with Crippen LogP contribution >= 0.6 is 0 Å². The van der Waals surface area contributed by atoms with E-state index in [-0.39, 0.29) is 24.4 Å². The van der Waals surface area contributed by atoms with Crippen LogP contribution in [0.1, 0.15) is 35.4 Å². The van der Waals surface area contributed by atoms with Crippen molar-refractivity contribution in [3.8, 4) is 17.1 Å². The van der Waals surface area contributed by atoms with Gasteiger partial charge in [0.05, 0.1) is 34.9 Å². The van der Waals surface area contributed by atoms with Gasteiger partial charge in [0.25, 0.3) is 0 Å². The van der Waals surface area contributed by atoms with Crippen molar-refractivity contribution in [2.24, 2.45) is 0 Å². The van der Waals surface area contributed by atoms with Crippen LogP contribution in [0.4, 0.5) is 17.6 Å². The fourth-order valence-electron chi connectivity index (χ4n) is 5.08. The van der Waals surface area contributed by atoms with Gasteiger partial charge in [-0.15, -0.1) is 0 Å². The van der Waals surface area contributed by atoms with Crippen molar-refractivity contribution in [2.45, 2.75) is 44.7 Å². The molecular formula is C32H27F4N3O2. The summed E-state index contributed by atoms with van der Waals surface area (Å²) in [5.74, 6) is 0.705. The number of hydrogen-bond donors (Lipinski definition) is 0. The summed E-state index contributed by atoms with van der Waals surface area (Å²) in [5, 5.41) is 0. The highest BCUT2D eigenvalue weighted by Gasteiger charge is 2.30. The van der Waals surface area contributed by atoms with Crippen LogP contribution in [-0.4, -0.2) is 27.2 Å². The Bertz CT molecular complexity index is 1660. The molecule has 9 heteroatoms. The third-order valence-electron chi connectivity index (χ3n) is 7.23. The van der Waals surface area contributed by atoms with Crippen molar-refractivity contribution < 1.29 is 27.0 Å². The number of fused-ring (bicyclic) bond motifs is 1. The van der Waals surface area contributed by atoms with Crippen molar-refractivity contribution in [2.75, 3.05) is 6.61 Å². The van der Waals surface area contributed by atoms with Crippen molar-refractivity contribution >= 4 is 11.0 Å². The number of nitrogens with zero attached hydrogens (tertiary/aromatic N) is 3. The Balaban J connectivity index is 1.18. The van der Waals surface area contributed by atoms with Crippen LogP contribution in [-0.2, 0) is 30.5 Å². The van der Waals surface area contributed by atoms with E-state index in [1.807, 2.05) is 30.3 Å². The summed E-state index contributed by atoms with van der Waals surface area (Å²) in [7, 11) is 0. The van der Waals surface area contributed by atoms with E-state index >= 15 is 4.39 Å². The first kappa shape index (κ1) is 27.0. The number of benzene rings is 3. The first-order valence-electron chi connectivity index (χ1n) is 13.4. The third kappa shape index (κ3) is 6.10. The smallest absolute Gasteiger partial charge is 0.416 e. The molecule has 6 rings (SSSR count). The molecule has 0 N–H and O–H groups in total. The molecule has 0 bridgehead atoms. The molecule has 1 saturated heterocycles. The SMILES string of the molecule is Fc1cc(-c2cccc(OCc3ccc(C(F)(F)F)cc3)n2)ccc1Cc1nc2ccccc2n1CC1CCCO1. The minimum atomic E-state index is -4.39. The lowest BCUT2D eigenvalue weighted by atomic mass is 10.1. The maximum atomic E-state index is 15.4. The average Bonchev–Trinajstić information content (AvgIpc) is 3.61. The standard InChI is InChI=1S/C32H27F4N3O2/c33-26-17-23(27-7-3-9-31(38-27)41-20-21-10-14-24(15-11-21)32(34,35)36)13-12-22(26)18-30-37-28-6-1-2-8-29(28)39(30)19-25-5-4-16-40-25/h1-3,6-15,17,25H,4-5,16,18-20H2. The van der Waals surface area contributed by atoms with Gasteiger partial charge in [0.2, 0.25) is 5.88 Å². The highest BCUT2D eigenvalue weighted by atomic mass is 19.4. The molecule has 1 aliphatic rings. The number of alkyl halides is 3. The predicted molar refractivity (Wildman–Crippen MR) is 147 cm³/mol. The molecule has 5 nitrogen and oxygen atoms in total. The van der Waals surface area contributed by atoms with Crippen molar-refractivity contribution in [3.63, 3.8) is 0 Å². The number of rotatable bonds is 8. The van der Waals surface area contributed by atoms with Crippen LogP contribution in [0, 0.1) is 5.82 Å². The van der Waals surface area contributed by atoms with E-state index in [2.05, 4.69) is 9.55 Å². The molecule has 0 amide bonds. The molecule has 41 heavy (non-hydrogen) atoms. The van der Waals surface area contributed by atoms with Crippen molar-refractivity contribution in [1.29, 1.82) is 0 Å². The van der Waals surface area contributed by atoms with Gasteiger partial charge >= 0.3 is 6.18 Å². The summed E-state index contributed by atoms with van der Waals surface area (Å²) >= 11 is 0. The van der Waals surface area contributed by atoms with Gasteiger partial charge in [-0.3, -0.25) is 0 Å². The van der Waals surface area contributed by atoms with Crippen LogP contribution in [0.15, 0.2) is 84.9 Å². The molecule has 3 heterocycles. The summed E-state index contributed by atoms with van der Waals surface area (Å²) in [6, 6.07) is 22.8. The Morgan fingerprint density at radius 1 is 0.927 bits per heavy atom. The number of para-hydroxylation sites is 2. The van der Waals surface area contributed by atoms with Crippen LogP contribution in [0.5, 0.6) is 5.88 Å². The van der Waals surface area contributed by atoms with Gasteiger partial charge in [0, 0.05) is 24.7 Å². The molecule has 5 aromatic rings. The zero-order valence-corrected chi connectivity index (χ0v) is 22.1. The highest BCUT2D eigenvalue weighted by molar-refractivity contribution is 5.76. The summed E-state index contributed by atoms with van der Waals surface area (Å²) in [6.45, 7) is 1.49. The molecule has 0 saturated carbocycles. The lowest BCUT2D eigenvalue weighted by Crippen LogP contribution is -2.17. The zero-order chi connectivity index (χ0) is 28.4. The van der Waals surface area contributed by atoms with E-state index in [9.17, 15) is 13.2 Å². The second-order valence-electron chi connectivity index (χ2n) is 10.1. The largest absolute Gasteiger partial charge is 0.473 e. The van der Waals surface area contributed by atoms with Gasteiger partial charge in [-0.1, -0.05) is 42.5 Å². The average molecular weight is 562 g/mol. The monoisotopic (exact) mass is 561 g/mol. The van der Waals surface area contributed by atoms with Crippen LogP contribution in [0.2, 0.25) is 0 Å². The van der Waals surface area contributed by atoms with E-state index < -0.39 is 11.7 Å². The van der Waals surface area contributed by atoms with Gasteiger partial charge < -0.3 is 14.0 Å². The number of ether oxygens (including phenoxy) is 2. The molecule has 1 aliphatic heterocycles. The van der Waals surface area contributed by atoms with E-state index in [0.29, 0.717) is 35.3 Å². The van der Waals surface area contributed by atoms with E-state index in [4.69, 9.17) is 14.5 Å². The van der Waals surface area contributed by atoms with Gasteiger partial charge in [0.1, 0.15) is 18.2 Å². The number of aromatic nitrogens is 3. The molecule has 0 aliphatic carbocycles. The third-order valence-corrected chi connectivity index (χ3v) is 7.23. The van der Waals surface area contributed by atoms with Crippen molar-refractivity contribution in [3.05, 3.63) is 113 Å². The lowest BCUT2D eigenvalue weighted by Gasteiger charge is -2.15. The summed E-state index contributed by atoms with van der Waals surface area (Å²) in [5.41, 5.74) is 3.36. The first-order valence-corrected chi connectivity index (χ1v) is 13.4. The zero-order valence-electron chi connectivity index (χ0n) is 22.1. The van der Waals surface area contributed by atoms with Gasteiger partial charge in [-0.2, -0.15) is 13.2 Å². The quantitative estimate of drug-likeness (QED) is 0.183. The second kappa shape index (κ2) is 11.3. The number of pyridine rings is 1. The molecule has 210 valence electrons. The Kier molecular flexibility index (Phi) is 7.45. The fraction of sp³-hybridized carbons (Fsp3) is 0.250. The van der Waals surface area contributed by atoms with Crippen molar-refractivity contribution in [1.82, 2.24) is 14.5 Å². The maximum absolute atomic E-state index is 15.4. The molecule has 1 fully saturated rings. The minimum Gasteiger partial charge on any atom is -0.473 e. The predicted octanol–water partition coefficient (Wildman–Crippen LogP) is 7.61. The van der Waals surface area contributed by atoms with E-state index in [1.165, 1.54) is 18.2 Å². The fourth-order valence-corrected chi connectivity index (χ4v) is 5.08. The number of halogens is 4. The van der Waals surface area contributed by atoms with Gasteiger partial charge in [0.15, 0.2) is 0 Å². The van der Waals surface area contributed by atoms with E-state index in [0.717, 1.165) is 48.4 Å². The molecule has 1 atom stereocenters. The Hall–Kier alpha value is -4.24. The second-order valence-corrected chi connectivity index (χ2v) is 10.1. The highest BCUT2D eigenvalue weighted by Crippen LogP contribution is 2.30. The lowest BCUT2D eigenvalue weighted by molar-refractivity contribution is -0.137. The van der Waals surface area contributed by atoms with Gasteiger partial charge in [-0.05, 0) is 60.4 Å². The topological polar surface area (TPSA) is 49.2 Å². The van der Waals surface area contributed by atoms with Gasteiger partial charge in [-0.25, -0.2) is 14.4 Å². The molecule has 2 aromatic heterocycles. The Morgan fingerprint density at radius 3 is 2.51 bits per heavy atom.